The molecule has 0 saturated heterocycles. The van der Waals surface area contributed by atoms with Crippen molar-refractivity contribution >= 4 is 0 Å². The molecule has 0 unspecified atom stereocenters. The maximum atomic E-state index is 11.8. The number of hydrogen-bond acceptors (Lipinski definition) is 3. The zero-order valence-electron chi connectivity index (χ0n) is 7.58. The van der Waals surface area contributed by atoms with Crippen LogP contribution in [0.25, 0.3) is 0 Å². The Labute approximate surface area is 84.1 Å². The van der Waals surface area contributed by atoms with Gasteiger partial charge in [0.25, 0.3) is 0 Å². The largest absolute Gasteiger partial charge is 0.468 e. The van der Waals surface area contributed by atoms with Crippen LogP contribution in [0.3, 0.4) is 0 Å². The maximum Gasteiger partial charge on any atom is 0.422 e. The molecule has 0 fully saturated rings. The molecule has 0 radical (unpaired) electrons. The molecule has 1 aromatic heterocycles. The summed E-state index contributed by atoms with van der Waals surface area (Å²) < 4.78 is 39.8. The fraction of sp³-hybridized carbons (Fsp3) is 0.333. The van der Waals surface area contributed by atoms with E-state index in [0.29, 0.717) is 5.69 Å². The predicted molar refractivity (Wildman–Crippen MR) is 45.1 cm³/mol. The molecule has 15 heavy (non-hydrogen) atoms. The Kier molecular flexibility index (Phi) is 3.50. The summed E-state index contributed by atoms with van der Waals surface area (Å²) in [7, 11) is 0. The zero-order chi connectivity index (χ0) is 11.3. The second-order valence-electron chi connectivity index (χ2n) is 2.71. The predicted octanol–water partition coefficient (Wildman–Crippen LogP) is 2.09. The SMILES string of the molecule is N#CCc1cccc(OCC(F)(F)F)n1. The van der Waals surface area contributed by atoms with Crippen LogP contribution in [0.5, 0.6) is 5.88 Å². The molecule has 1 heterocycles. The van der Waals surface area contributed by atoms with Gasteiger partial charge >= 0.3 is 6.18 Å². The van der Waals surface area contributed by atoms with E-state index in [1.54, 1.807) is 6.07 Å². The fourth-order valence-corrected chi connectivity index (χ4v) is 0.873. The van der Waals surface area contributed by atoms with E-state index in [1.807, 2.05) is 6.07 Å². The van der Waals surface area contributed by atoms with Gasteiger partial charge < -0.3 is 4.74 Å². The fourth-order valence-electron chi connectivity index (χ4n) is 0.873. The minimum atomic E-state index is -4.38. The lowest BCUT2D eigenvalue weighted by Gasteiger charge is -2.08. The third kappa shape index (κ3) is 4.31. The van der Waals surface area contributed by atoms with E-state index in [-0.39, 0.29) is 12.3 Å². The monoisotopic (exact) mass is 216 g/mol. The van der Waals surface area contributed by atoms with Crippen molar-refractivity contribution in [1.29, 1.82) is 5.26 Å². The van der Waals surface area contributed by atoms with E-state index in [1.165, 1.54) is 12.1 Å². The Morgan fingerprint density at radius 2 is 2.13 bits per heavy atom. The third-order valence-corrected chi connectivity index (χ3v) is 1.43. The van der Waals surface area contributed by atoms with E-state index in [4.69, 9.17) is 5.26 Å². The normalized spacial score (nSPS) is 10.8. The van der Waals surface area contributed by atoms with Crippen LogP contribution < -0.4 is 4.74 Å². The average Bonchev–Trinajstić information content (AvgIpc) is 2.15. The number of aromatic nitrogens is 1. The molecule has 0 aliphatic carbocycles. The minimum absolute atomic E-state index is 0.0449. The van der Waals surface area contributed by atoms with Crippen molar-refractivity contribution in [2.75, 3.05) is 6.61 Å². The second-order valence-corrected chi connectivity index (χ2v) is 2.71. The van der Waals surface area contributed by atoms with E-state index in [2.05, 4.69) is 9.72 Å². The summed E-state index contributed by atoms with van der Waals surface area (Å²) in [6, 6.07) is 6.19. The first-order chi connectivity index (χ1) is 7.01. The van der Waals surface area contributed by atoms with Gasteiger partial charge in [-0.15, -0.1) is 0 Å². The summed E-state index contributed by atoms with van der Waals surface area (Å²) in [6.45, 7) is -1.38. The second kappa shape index (κ2) is 4.64. The first kappa shape index (κ1) is 11.3. The molecule has 1 rings (SSSR count). The van der Waals surface area contributed by atoms with E-state index in [9.17, 15) is 13.2 Å². The maximum absolute atomic E-state index is 11.8. The zero-order valence-corrected chi connectivity index (χ0v) is 7.58. The van der Waals surface area contributed by atoms with Crippen LogP contribution in [0, 0.1) is 11.3 Å². The molecule has 0 amide bonds. The summed E-state index contributed by atoms with van der Waals surface area (Å²) in [6.07, 6.45) is -4.34. The van der Waals surface area contributed by atoms with Crippen molar-refractivity contribution in [2.45, 2.75) is 12.6 Å². The Balaban J connectivity index is 2.62. The summed E-state index contributed by atoms with van der Waals surface area (Å²) in [4.78, 5) is 3.72. The van der Waals surface area contributed by atoms with Crippen molar-refractivity contribution in [2.24, 2.45) is 0 Å². The number of nitriles is 1. The molecule has 0 N–H and O–H groups in total. The van der Waals surface area contributed by atoms with Gasteiger partial charge in [0.1, 0.15) is 0 Å². The molecular weight excluding hydrogens is 209 g/mol. The summed E-state index contributed by atoms with van der Waals surface area (Å²) in [5, 5.41) is 8.36. The average molecular weight is 216 g/mol. The van der Waals surface area contributed by atoms with E-state index in [0.717, 1.165) is 0 Å². The Morgan fingerprint density at radius 3 is 2.73 bits per heavy atom. The number of pyridine rings is 1. The molecule has 0 spiro atoms. The molecule has 80 valence electrons. The molecule has 0 atom stereocenters. The Hall–Kier alpha value is -1.77. The van der Waals surface area contributed by atoms with Gasteiger partial charge in [-0.2, -0.15) is 18.4 Å². The molecule has 0 saturated carbocycles. The highest BCUT2D eigenvalue weighted by molar-refractivity contribution is 5.17. The van der Waals surface area contributed by atoms with Crippen molar-refractivity contribution in [3.8, 4) is 11.9 Å². The minimum Gasteiger partial charge on any atom is -0.468 e. The molecule has 0 bridgehead atoms. The molecule has 0 aliphatic rings. The molecule has 0 aromatic carbocycles. The standard InChI is InChI=1S/C9H7F3N2O/c10-9(11,12)6-15-8-3-1-2-7(14-8)4-5-13/h1-3H,4,6H2. The number of ether oxygens (including phenoxy) is 1. The highest BCUT2D eigenvalue weighted by Gasteiger charge is 2.28. The van der Waals surface area contributed by atoms with Crippen LogP contribution in [0.4, 0.5) is 13.2 Å². The van der Waals surface area contributed by atoms with Gasteiger partial charge in [0.05, 0.1) is 18.2 Å². The van der Waals surface area contributed by atoms with Crippen molar-refractivity contribution < 1.29 is 17.9 Å². The highest BCUT2D eigenvalue weighted by Crippen LogP contribution is 2.17. The lowest BCUT2D eigenvalue weighted by atomic mass is 10.3. The van der Waals surface area contributed by atoms with Crippen LogP contribution in [-0.2, 0) is 6.42 Å². The van der Waals surface area contributed by atoms with Gasteiger partial charge in [-0.1, -0.05) is 6.07 Å². The summed E-state index contributed by atoms with van der Waals surface area (Å²) in [5.41, 5.74) is 0.386. The first-order valence-corrected chi connectivity index (χ1v) is 4.04. The lowest BCUT2D eigenvalue weighted by Crippen LogP contribution is -2.19. The summed E-state index contributed by atoms with van der Waals surface area (Å²) >= 11 is 0. The number of hydrogen-bond donors (Lipinski definition) is 0. The van der Waals surface area contributed by atoms with Gasteiger partial charge in [-0.25, -0.2) is 4.98 Å². The Bertz CT molecular complexity index is 370. The van der Waals surface area contributed by atoms with Crippen LogP contribution in [0.2, 0.25) is 0 Å². The highest BCUT2D eigenvalue weighted by atomic mass is 19.4. The Morgan fingerprint density at radius 1 is 1.40 bits per heavy atom. The smallest absolute Gasteiger partial charge is 0.422 e. The van der Waals surface area contributed by atoms with Gasteiger partial charge in [-0.05, 0) is 6.07 Å². The van der Waals surface area contributed by atoms with Crippen LogP contribution in [0.15, 0.2) is 18.2 Å². The van der Waals surface area contributed by atoms with Crippen molar-refractivity contribution in [3.63, 3.8) is 0 Å². The third-order valence-electron chi connectivity index (χ3n) is 1.43. The molecule has 3 nitrogen and oxygen atoms in total. The summed E-state index contributed by atoms with van der Waals surface area (Å²) in [5.74, 6) is -0.125. The van der Waals surface area contributed by atoms with E-state index < -0.39 is 12.8 Å². The lowest BCUT2D eigenvalue weighted by molar-refractivity contribution is -0.154. The molecule has 6 heteroatoms. The topological polar surface area (TPSA) is 45.9 Å². The number of alkyl halides is 3. The van der Waals surface area contributed by atoms with Crippen LogP contribution in [0.1, 0.15) is 5.69 Å². The quantitative estimate of drug-likeness (QED) is 0.777. The molecule has 1 aromatic rings. The number of rotatable bonds is 3. The van der Waals surface area contributed by atoms with Gasteiger partial charge in [-0.3, -0.25) is 0 Å². The first-order valence-electron chi connectivity index (χ1n) is 4.04. The molecule has 0 aliphatic heterocycles. The van der Waals surface area contributed by atoms with Crippen molar-refractivity contribution in [1.82, 2.24) is 4.98 Å². The van der Waals surface area contributed by atoms with E-state index >= 15 is 0 Å². The number of halogens is 3. The molecular formula is C9H7F3N2O. The van der Waals surface area contributed by atoms with Gasteiger partial charge in [0, 0.05) is 6.07 Å². The number of nitrogens with zero attached hydrogens (tertiary/aromatic N) is 2. The van der Waals surface area contributed by atoms with Crippen LogP contribution >= 0.6 is 0 Å². The van der Waals surface area contributed by atoms with Crippen molar-refractivity contribution in [3.05, 3.63) is 23.9 Å². The van der Waals surface area contributed by atoms with Crippen LogP contribution in [-0.4, -0.2) is 17.8 Å². The van der Waals surface area contributed by atoms with Gasteiger partial charge in [0.2, 0.25) is 5.88 Å². The van der Waals surface area contributed by atoms with Gasteiger partial charge in [0.15, 0.2) is 6.61 Å².